The molecule has 5 rings (SSSR count). The van der Waals surface area contributed by atoms with Gasteiger partial charge in [0.05, 0.1) is 29.8 Å². The minimum atomic E-state index is -5.06. The highest BCUT2D eigenvalue weighted by Gasteiger charge is 2.40. The van der Waals surface area contributed by atoms with E-state index in [4.69, 9.17) is 4.74 Å². The Hall–Kier alpha value is -3.56. The van der Waals surface area contributed by atoms with E-state index < -0.39 is 47.8 Å². The first-order chi connectivity index (χ1) is 20.5. The summed E-state index contributed by atoms with van der Waals surface area (Å²) in [5, 5.41) is 12.0. The van der Waals surface area contributed by atoms with E-state index in [1.54, 1.807) is 0 Å². The van der Waals surface area contributed by atoms with E-state index >= 15 is 0 Å². The van der Waals surface area contributed by atoms with Gasteiger partial charge >= 0.3 is 18.5 Å². The van der Waals surface area contributed by atoms with Gasteiger partial charge in [0.1, 0.15) is 0 Å². The Morgan fingerprint density at radius 2 is 1.50 bits per heavy atom. The molecule has 2 aliphatic heterocycles. The number of benzene rings is 2. The Balaban J connectivity index is 1.67. The third-order valence-electron chi connectivity index (χ3n) is 7.99. The standard InChI is InChI=1S/C28H29F9N6O/c1-16-10-21-23(4-3-7-42(20-5-8-44-9-6-20)24(21)14-22(16)28(35,36)37)43(25-38-40-41(2)39-25)15-17-11-18(26(29,30)31)13-19(12-17)27(32,33)34/h10-14,20,23H,3-9,15H2,1-2H3/t23-/m0/s1. The smallest absolute Gasteiger partial charge is 0.381 e. The number of anilines is 2. The first-order valence-corrected chi connectivity index (χ1v) is 13.9. The van der Waals surface area contributed by atoms with Gasteiger partial charge in [0.15, 0.2) is 0 Å². The molecule has 0 N–H and O–H groups in total. The van der Waals surface area contributed by atoms with Crippen LogP contribution in [0, 0.1) is 6.92 Å². The van der Waals surface area contributed by atoms with Gasteiger partial charge < -0.3 is 14.5 Å². The number of halogens is 9. The second-order valence-electron chi connectivity index (χ2n) is 11.0. The lowest BCUT2D eigenvalue weighted by Gasteiger charge is -2.38. The van der Waals surface area contributed by atoms with E-state index in [1.165, 1.54) is 24.9 Å². The number of alkyl halides is 9. The summed E-state index contributed by atoms with van der Waals surface area (Å²) in [7, 11) is 1.44. The van der Waals surface area contributed by atoms with Gasteiger partial charge in [0.2, 0.25) is 0 Å². The number of hydrogen-bond donors (Lipinski definition) is 0. The second-order valence-corrected chi connectivity index (χ2v) is 11.0. The molecule has 0 radical (unpaired) electrons. The van der Waals surface area contributed by atoms with Crippen molar-refractivity contribution < 1.29 is 44.3 Å². The number of tetrazole rings is 1. The number of rotatable bonds is 5. The minimum Gasteiger partial charge on any atom is -0.381 e. The maximum Gasteiger partial charge on any atom is 0.416 e. The molecule has 0 saturated carbocycles. The first kappa shape index (κ1) is 31.9. The van der Waals surface area contributed by atoms with Crippen molar-refractivity contribution in [1.82, 2.24) is 20.2 Å². The Bertz CT molecular complexity index is 1450. The van der Waals surface area contributed by atoms with E-state index in [0.29, 0.717) is 68.8 Å². The van der Waals surface area contributed by atoms with E-state index in [-0.39, 0.29) is 29.2 Å². The number of fused-ring (bicyclic) bond motifs is 1. The third-order valence-corrected chi connectivity index (χ3v) is 7.99. The normalized spacial score (nSPS) is 18.7. The minimum absolute atomic E-state index is 0.0448. The zero-order chi connectivity index (χ0) is 32.0. The van der Waals surface area contributed by atoms with Crippen LogP contribution in [-0.4, -0.2) is 46.0 Å². The summed E-state index contributed by atoms with van der Waals surface area (Å²) in [5.41, 5.74) is -3.44. The maximum atomic E-state index is 14.1. The van der Waals surface area contributed by atoms with E-state index in [9.17, 15) is 39.5 Å². The molecule has 0 bridgehead atoms. The molecule has 3 heterocycles. The van der Waals surface area contributed by atoms with Crippen molar-refractivity contribution in [3.05, 3.63) is 63.7 Å². The lowest BCUT2D eigenvalue weighted by Crippen LogP contribution is -2.40. The largest absolute Gasteiger partial charge is 0.416 e. The predicted octanol–water partition coefficient (Wildman–Crippen LogP) is 7.10. The van der Waals surface area contributed by atoms with Crippen LogP contribution < -0.4 is 9.80 Å². The van der Waals surface area contributed by atoms with Gasteiger partial charge in [0.25, 0.3) is 5.95 Å². The Kier molecular flexibility index (Phi) is 8.50. The lowest BCUT2D eigenvalue weighted by atomic mass is 9.93. The fourth-order valence-electron chi connectivity index (χ4n) is 5.99. The second kappa shape index (κ2) is 11.7. The predicted molar refractivity (Wildman–Crippen MR) is 141 cm³/mol. The molecular formula is C28H29F9N6O. The van der Waals surface area contributed by atoms with E-state index in [2.05, 4.69) is 15.4 Å². The molecule has 7 nitrogen and oxygen atoms in total. The van der Waals surface area contributed by atoms with Gasteiger partial charge in [-0.15, -0.1) is 5.10 Å². The highest BCUT2D eigenvalue weighted by Crippen LogP contribution is 2.45. The fourth-order valence-corrected chi connectivity index (χ4v) is 5.99. The van der Waals surface area contributed by atoms with Crippen molar-refractivity contribution in [1.29, 1.82) is 0 Å². The monoisotopic (exact) mass is 636 g/mol. The average Bonchev–Trinajstić information content (AvgIpc) is 3.28. The van der Waals surface area contributed by atoms with Crippen LogP contribution in [0.1, 0.15) is 65.1 Å². The molecule has 3 aromatic rings. The van der Waals surface area contributed by atoms with Crippen molar-refractivity contribution in [3.8, 4) is 0 Å². The maximum absolute atomic E-state index is 14.1. The molecule has 0 amide bonds. The van der Waals surface area contributed by atoms with Crippen LogP contribution in [0.3, 0.4) is 0 Å². The number of ether oxygens (including phenoxy) is 1. The fraction of sp³-hybridized carbons (Fsp3) is 0.536. The highest BCUT2D eigenvalue weighted by molar-refractivity contribution is 5.62. The van der Waals surface area contributed by atoms with Crippen molar-refractivity contribution in [2.45, 2.75) is 69.8 Å². The van der Waals surface area contributed by atoms with Crippen LogP contribution >= 0.6 is 0 Å². The topological polar surface area (TPSA) is 59.3 Å². The van der Waals surface area contributed by atoms with Crippen LogP contribution in [0.15, 0.2) is 30.3 Å². The summed E-state index contributed by atoms with van der Waals surface area (Å²) in [6, 6.07) is 2.87. The van der Waals surface area contributed by atoms with Gasteiger partial charge in [-0.25, -0.2) is 0 Å². The van der Waals surface area contributed by atoms with Gasteiger partial charge in [0, 0.05) is 38.0 Å². The molecule has 1 aromatic heterocycles. The van der Waals surface area contributed by atoms with Gasteiger partial charge in [-0.3, -0.25) is 0 Å². The summed E-state index contributed by atoms with van der Waals surface area (Å²) in [4.78, 5) is 4.42. The van der Waals surface area contributed by atoms with Crippen molar-refractivity contribution in [2.24, 2.45) is 7.05 Å². The molecule has 0 aliphatic carbocycles. The Labute approximate surface area is 246 Å². The van der Waals surface area contributed by atoms with Gasteiger partial charge in [-0.1, -0.05) is 11.2 Å². The molecule has 16 heteroatoms. The summed E-state index contributed by atoms with van der Waals surface area (Å²) in [5.74, 6) is -0.0912. The number of nitrogens with zero attached hydrogens (tertiary/aromatic N) is 6. The molecule has 0 spiro atoms. The number of aromatic nitrogens is 4. The van der Waals surface area contributed by atoms with Gasteiger partial charge in [-0.05, 0) is 78.8 Å². The van der Waals surface area contributed by atoms with Crippen molar-refractivity contribution >= 4 is 11.6 Å². The van der Waals surface area contributed by atoms with Crippen molar-refractivity contribution in [2.75, 3.05) is 29.6 Å². The molecule has 0 unspecified atom stereocenters. The number of hydrogen-bond acceptors (Lipinski definition) is 6. The molecule has 1 atom stereocenters. The Morgan fingerprint density at radius 1 is 0.864 bits per heavy atom. The highest BCUT2D eigenvalue weighted by atomic mass is 19.4. The summed E-state index contributed by atoms with van der Waals surface area (Å²) < 4.78 is 130. The molecular weight excluding hydrogens is 607 g/mol. The molecule has 2 aromatic carbocycles. The van der Waals surface area contributed by atoms with Crippen LogP contribution in [0.5, 0.6) is 0 Å². The first-order valence-electron chi connectivity index (χ1n) is 13.9. The van der Waals surface area contributed by atoms with Crippen molar-refractivity contribution in [3.63, 3.8) is 0 Å². The van der Waals surface area contributed by atoms with Crippen LogP contribution in [0.4, 0.5) is 51.1 Å². The third kappa shape index (κ3) is 6.74. The summed E-state index contributed by atoms with van der Waals surface area (Å²) >= 11 is 0. The SMILES string of the molecule is Cc1cc2c(cc1C(F)(F)F)N(C1CCOCC1)CCC[C@@H]2N(Cc1cc(C(F)(F)F)cc(C(F)(F)F)c1)c1nnn(C)n1. The zero-order valence-electron chi connectivity index (χ0n) is 23.7. The zero-order valence-corrected chi connectivity index (χ0v) is 23.7. The van der Waals surface area contributed by atoms with E-state index in [0.717, 1.165) is 10.9 Å². The molecule has 44 heavy (non-hydrogen) atoms. The quantitative estimate of drug-likeness (QED) is 0.279. The average molecular weight is 637 g/mol. The molecule has 240 valence electrons. The van der Waals surface area contributed by atoms with Crippen LogP contribution in [0.2, 0.25) is 0 Å². The summed E-state index contributed by atoms with van der Waals surface area (Å²) in [6.45, 7) is 2.07. The van der Waals surface area contributed by atoms with E-state index in [1.807, 2.05) is 4.90 Å². The Morgan fingerprint density at radius 3 is 2.05 bits per heavy atom. The van der Waals surface area contributed by atoms with Crippen LogP contribution in [0.25, 0.3) is 0 Å². The lowest BCUT2D eigenvalue weighted by molar-refractivity contribution is -0.143. The molecule has 1 saturated heterocycles. The van der Waals surface area contributed by atoms with Gasteiger partial charge in [-0.2, -0.15) is 44.3 Å². The molecule has 1 fully saturated rings. The van der Waals surface area contributed by atoms with Crippen LogP contribution in [-0.2, 0) is 36.9 Å². The molecule has 2 aliphatic rings. The number of aryl methyl sites for hydroxylation is 2. The summed E-state index contributed by atoms with van der Waals surface area (Å²) in [6.07, 6.45) is -12.8.